The molecule has 3 rings (SSSR count). The van der Waals surface area contributed by atoms with Crippen molar-refractivity contribution in [3.05, 3.63) is 53.0 Å². The maximum absolute atomic E-state index is 12.3. The fraction of sp³-hybridized carbons (Fsp3) is 0.353. The maximum Gasteiger partial charge on any atom is 0.176 e. The summed E-state index contributed by atoms with van der Waals surface area (Å²) in [6.45, 7) is 3.64. The first-order valence-corrected chi connectivity index (χ1v) is 7.14. The number of aryl methyl sites for hydroxylation is 1. The van der Waals surface area contributed by atoms with Gasteiger partial charge < -0.3 is 9.15 Å². The molecule has 0 fully saturated rings. The van der Waals surface area contributed by atoms with Gasteiger partial charge in [0.1, 0.15) is 17.3 Å². The van der Waals surface area contributed by atoms with E-state index in [4.69, 9.17) is 9.15 Å². The van der Waals surface area contributed by atoms with Crippen LogP contribution in [0.4, 0.5) is 0 Å². The summed E-state index contributed by atoms with van der Waals surface area (Å²) < 4.78 is 11.0. The number of hydrogen-bond donors (Lipinski definition) is 0. The number of hydrogen-bond acceptors (Lipinski definition) is 4. The zero-order chi connectivity index (χ0) is 14.8. The van der Waals surface area contributed by atoms with Gasteiger partial charge in [0.05, 0.1) is 19.7 Å². The monoisotopic (exact) mass is 285 g/mol. The summed E-state index contributed by atoms with van der Waals surface area (Å²) in [6, 6.07) is 9.58. The Labute approximate surface area is 124 Å². The van der Waals surface area contributed by atoms with Gasteiger partial charge in [-0.1, -0.05) is 0 Å². The Hall–Kier alpha value is -2.07. The molecule has 0 unspecified atom stereocenters. The molecule has 0 saturated heterocycles. The predicted octanol–water partition coefficient (Wildman–Crippen LogP) is 2.84. The number of fused-ring (bicyclic) bond motifs is 1. The summed E-state index contributed by atoms with van der Waals surface area (Å²) in [7, 11) is 1.92. The first-order valence-electron chi connectivity index (χ1n) is 7.14. The molecule has 0 atom stereocenters. The van der Waals surface area contributed by atoms with Crippen molar-refractivity contribution >= 4 is 5.78 Å². The van der Waals surface area contributed by atoms with Crippen LogP contribution < -0.4 is 4.74 Å². The van der Waals surface area contributed by atoms with Crippen LogP contribution in [0.1, 0.15) is 27.4 Å². The highest BCUT2D eigenvalue weighted by Crippen LogP contribution is 2.26. The molecule has 21 heavy (non-hydrogen) atoms. The van der Waals surface area contributed by atoms with Crippen molar-refractivity contribution in [2.24, 2.45) is 0 Å². The Morgan fingerprint density at radius 1 is 1.29 bits per heavy atom. The van der Waals surface area contributed by atoms with E-state index in [9.17, 15) is 4.79 Å². The van der Waals surface area contributed by atoms with E-state index in [0.717, 1.165) is 34.8 Å². The third kappa shape index (κ3) is 3.16. The zero-order valence-corrected chi connectivity index (χ0v) is 12.4. The fourth-order valence-electron chi connectivity index (χ4n) is 2.59. The van der Waals surface area contributed by atoms with Crippen LogP contribution in [0.3, 0.4) is 0 Å². The van der Waals surface area contributed by atoms with Gasteiger partial charge in [-0.05, 0) is 49.9 Å². The fourth-order valence-corrected chi connectivity index (χ4v) is 2.59. The lowest BCUT2D eigenvalue weighted by atomic mass is 10.1. The summed E-state index contributed by atoms with van der Waals surface area (Å²) in [5.74, 6) is 2.80. The number of ketones is 1. The van der Waals surface area contributed by atoms with Crippen molar-refractivity contribution < 1.29 is 13.9 Å². The molecule has 2 heterocycles. The summed E-state index contributed by atoms with van der Waals surface area (Å²) in [5, 5.41) is 0. The molecule has 2 aromatic rings. The molecule has 110 valence electrons. The van der Waals surface area contributed by atoms with E-state index < -0.39 is 0 Å². The molecule has 1 aromatic heterocycles. The first-order chi connectivity index (χ1) is 10.1. The average molecular weight is 285 g/mol. The number of benzene rings is 1. The van der Waals surface area contributed by atoms with Gasteiger partial charge >= 0.3 is 0 Å². The Bertz CT molecular complexity index is 660. The lowest BCUT2D eigenvalue weighted by Crippen LogP contribution is -2.25. The summed E-state index contributed by atoms with van der Waals surface area (Å²) >= 11 is 0. The molecule has 0 N–H and O–H groups in total. The van der Waals surface area contributed by atoms with Crippen molar-refractivity contribution in [1.82, 2.24) is 4.90 Å². The van der Waals surface area contributed by atoms with Crippen molar-refractivity contribution in [3.8, 4) is 5.75 Å². The van der Waals surface area contributed by atoms with Gasteiger partial charge in [0.2, 0.25) is 0 Å². The highest BCUT2D eigenvalue weighted by atomic mass is 16.5. The van der Waals surface area contributed by atoms with Crippen LogP contribution in [-0.2, 0) is 13.0 Å². The maximum atomic E-state index is 12.3. The quantitative estimate of drug-likeness (QED) is 0.792. The van der Waals surface area contributed by atoms with Gasteiger partial charge in [-0.3, -0.25) is 9.69 Å². The van der Waals surface area contributed by atoms with E-state index in [1.54, 1.807) is 0 Å². The van der Waals surface area contributed by atoms with Gasteiger partial charge in [0.25, 0.3) is 0 Å². The predicted molar refractivity (Wildman–Crippen MR) is 79.8 cm³/mol. The molecule has 1 aliphatic rings. The van der Waals surface area contributed by atoms with Crippen molar-refractivity contribution in [3.63, 3.8) is 0 Å². The van der Waals surface area contributed by atoms with Crippen molar-refractivity contribution in [1.29, 1.82) is 0 Å². The second-order valence-electron chi connectivity index (χ2n) is 5.53. The Balaban J connectivity index is 1.63. The molecule has 1 aliphatic heterocycles. The van der Waals surface area contributed by atoms with Crippen LogP contribution in [-0.4, -0.2) is 30.9 Å². The number of nitrogens with zero attached hydrogens (tertiary/aromatic N) is 1. The lowest BCUT2D eigenvalue weighted by Gasteiger charge is -2.14. The highest BCUT2D eigenvalue weighted by Gasteiger charge is 2.16. The zero-order valence-electron chi connectivity index (χ0n) is 12.4. The second-order valence-corrected chi connectivity index (χ2v) is 5.53. The number of carbonyl (C=O) groups is 1. The van der Waals surface area contributed by atoms with Crippen LogP contribution in [0.2, 0.25) is 0 Å². The average Bonchev–Trinajstić information content (AvgIpc) is 3.06. The van der Waals surface area contributed by atoms with E-state index >= 15 is 0 Å². The molecule has 4 heteroatoms. The SMILES string of the molecule is Cc1ccc(CN(C)CC(=O)c2ccc3c(c2)CCO3)o1. The van der Waals surface area contributed by atoms with E-state index in [0.29, 0.717) is 19.7 Å². The van der Waals surface area contributed by atoms with E-state index in [1.165, 1.54) is 0 Å². The van der Waals surface area contributed by atoms with Crippen LogP contribution in [0.15, 0.2) is 34.7 Å². The lowest BCUT2D eigenvalue weighted by molar-refractivity contribution is 0.0939. The van der Waals surface area contributed by atoms with Crippen LogP contribution in [0.25, 0.3) is 0 Å². The molecule has 0 amide bonds. The Kier molecular flexibility index (Phi) is 3.80. The molecule has 0 aliphatic carbocycles. The number of rotatable bonds is 5. The smallest absolute Gasteiger partial charge is 0.176 e. The van der Waals surface area contributed by atoms with Gasteiger partial charge in [-0.15, -0.1) is 0 Å². The molecule has 1 aromatic carbocycles. The largest absolute Gasteiger partial charge is 0.493 e. The number of ether oxygens (including phenoxy) is 1. The van der Waals surface area contributed by atoms with Crippen molar-refractivity contribution in [2.45, 2.75) is 19.9 Å². The van der Waals surface area contributed by atoms with E-state index in [-0.39, 0.29) is 5.78 Å². The molecule has 0 radical (unpaired) electrons. The molecular formula is C17H19NO3. The minimum absolute atomic E-state index is 0.121. The normalized spacial score (nSPS) is 13.3. The second kappa shape index (κ2) is 5.74. The van der Waals surface area contributed by atoms with E-state index in [2.05, 4.69) is 0 Å². The first kappa shape index (κ1) is 13.9. The molecular weight excluding hydrogens is 266 g/mol. The summed E-state index contributed by atoms with van der Waals surface area (Å²) in [5.41, 5.74) is 1.88. The number of furan rings is 1. The summed E-state index contributed by atoms with van der Waals surface area (Å²) in [4.78, 5) is 14.3. The molecule has 0 bridgehead atoms. The number of likely N-dealkylation sites (N-methyl/N-ethyl adjacent to an activating group) is 1. The minimum Gasteiger partial charge on any atom is -0.493 e. The topological polar surface area (TPSA) is 42.7 Å². The molecule has 0 spiro atoms. The van der Waals surface area contributed by atoms with Gasteiger partial charge in [-0.25, -0.2) is 0 Å². The number of carbonyl (C=O) groups excluding carboxylic acids is 1. The molecule has 0 saturated carbocycles. The molecule has 4 nitrogen and oxygen atoms in total. The Morgan fingerprint density at radius 2 is 2.14 bits per heavy atom. The number of Topliss-reactive ketones (excluding diaryl/α,β-unsaturated/α-hetero) is 1. The van der Waals surface area contributed by atoms with Gasteiger partial charge in [0.15, 0.2) is 5.78 Å². The van der Waals surface area contributed by atoms with Crippen LogP contribution in [0, 0.1) is 6.92 Å². The van der Waals surface area contributed by atoms with Gasteiger partial charge in [-0.2, -0.15) is 0 Å². The Morgan fingerprint density at radius 3 is 2.90 bits per heavy atom. The van der Waals surface area contributed by atoms with Gasteiger partial charge in [0, 0.05) is 12.0 Å². The highest BCUT2D eigenvalue weighted by molar-refractivity contribution is 5.98. The third-order valence-electron chi connectivity index (χ3n) is 3.65. The standard InChI is InChI=1S/C17H19NO3/c1-12-3-5-15(21-12)10-18(2)11-16(19)13-4-6-17-14(9-13)7-8-20-17/h3-6,9H,7-8,10-11H2,1-2H3. The summed E-state index contributed by atoms with van der Waals surface area (Å²) in [6.07, 6.45) is 0.887. The third-order valence-corrected chi connectivity index (χ3v) is 3.65. The van der Waals surface area contributed by atoms with E-state index in [1.807, 2.05) is 49.2 Å². The minimum atomic E-state index is 0.121. The van der Waals surface area contributed by atoms with Crippen molar-refractivity contribution in [2.75, 3.05) is 20.2 Å². The van der Waals surface area contributed by atoms with Crippen LogP contribution >= 0.6 is 0 Å². The van der Waals surface area contributed by atoms with Crippen LogP contribution in [0.5, 0.6) is 5.75 Å².